The van der Waals surface area contributed by atoms with Gasteiger partial charge >= 0.3 is 0 Å². The third-order valence-electron chi connectivity index (χ3n) is 3.84. The van der Waals surface area contributed by atoms with E-state index in [9.17, 15) is 9.59 Å². The molecule has 2 amide bonds. The summed E-state index contributed by atoms with van der Waals surface area (Å²) in [7, 11) is 1.58. The molecule has 24 heavy (non-hydrogen) atoms. The van der Waals surface area contributed by atoms with E-state index in [0.717, 1.165) is 18.1 Å². The van der Waals surface area contributed by atoms with Gasteiger partial charge in [0, 0.05) is 48.8 Å². The van der Waals surface area contributed by atoms with Crippen LogP contribution in [0, 0.1) is 0 Å². The number of anilines is 1. The lowest BCUT2D eigenvalue weighted by Gasteiger charge is -2.26. The fourth-order valence-electron chi connectivity index (χ4n) is 2.54. The highest BCUT2D eigenvalue weighted by Gasteiger charge is 2.21. The minimum atomic E-state index is -0.204. The molecule has 1 aliphatic rings. The molecule has 6 nitrogen and oxygen atoms in total. The van der Waals surface area contributed by atoms with Gasteiger partial charge in [-0.25, -0.2) is 0 Å². The van der Waals surface area contributed by atoms with Crippen LogP contribution in [-0.4, -0.2) is 61.0 Å². The van der Waals surface area contributed by atoms with Gasteiger partial charge in [0.2, 0.25) is 11.8 Å². The van der Waals surface area contributed by atoms with Gasteiger partial charge in [0.15, 0.2) is 0 Å². The molecule has 0 bridgehead atoms. The molecule has 1 aromatic carbocycles. The zero-order valence-electron chi connectivity index (χ0n) is 14.2. The van der Waals surface area contributed by atoms with Crippen LogP contribution >= 0.6 is 11.8 Å². The van der Waals surface area contributed by atoms with Gasteiger partial charge in [-0.05, 0) is 19.1 Å². The molecule has 1 aromatic rings. The molecule has 0 aliphatic carbocycles. The lowest BCUT2D eigenvalue weighted by Crippen LogP contribution is -2.44. The van der Waals surface area contributed by atoms with Crippen LogP contribution in [-0.2, 0) is 9.59 Å². The molecule has 132 valence electrons. The quantitative estimate of drug-likeness (QED) is 0.780. The van der Waals surface area contributed by atoms with E-state index in [1.165, 1.54) is 0 Å². The molecule has 1 fully saturated rings. The molecule has 1 heterocycles. The number of hydrogen-bond donors (Lipinski definition) is 2. The Morgan fingerprint density at radius 1 is 1.46 bits per heavy atom. The average Bonchev–Trinajstić information content (AvgIpc) is 2.60. The van der Waals surface area contributed by atoms with E-state index < -0.39 is 0 Å². The van der Waals surface area contributed by atoms with E-state index in [1.54, 1.807) is 24.1 Å². The van der Waals surface area contributed by atoms with E-state index in [-0.39, 0.29) is 24.4 Å². The Bertz CT molecular complexity index is 562. The molecular formula is C17H25N3O3S. The fraction of sp³-hybridized carbons (Fsp3) is 0.529. The summed E-state index contributed by atoms with van der Waals surface area (Å²) in [6.07, 6.45) is 0.438. The number of hydrogen-bond acceptors (Lipinski definition) is 5. The van der Waals surface area contributed by atoms with E-state index >= 15 is 0 Å². The van der Waals surface area contributed by atoms with E-state index in [4.69, 9.17) is 4.74 Å². The third-order valence-corrected chi connectivity index (χ3v) is 4.97. The van der Waals surface area contributed by atoms with Gasteiger partial charge in [-0.15, -0.1) is 0 Å². The van der Waals surface area contributed by atoms with Gasteiger partial charge in [-0.3, -0.25) is 9.59 Å². The maximum atomic E-state index is 12.4. The van der Waals surface area contributed by atoms with Crippen LogP contribution < -0.4 is 15.4 Å². The zero-order chi connectivity index (χ0) is 17.4. The van der Waals surface area contributed by atoms with Crippen molar-refractivity contribution in [3.63, 3.8) is 0 Å². The number of nitrogens with zero attached hydrogens (tertiary/aromatic N) is 1. The first kappa shape index (κ1) is 18.6. The maximum Gasteiger partial charge on any atom is 0.243 e. The molecule has 1 saturated heterocycles. The number of ether oxygens (including phenoxy) is 1. The van der Waals surface area contributed by atoms with Crippen molar-refractivity contribution in [1.82, 2.24) is 10.2 Å². The minimum absolute atomic E-state index is 0.0123. The van der Waals surface area contributed by atoms with Crippen LogP contribution in [0.2, 0.25) is 0 Å². The highest BCUT2D eigenvalue weighted by molar-refractivity contribution is 7.99. The van der Waals surface area contributed by atoms with Crippen LogP contribution in [0.1, 0.15) is 13.3 Å². The van der Waals surface area contributed by atoms with Gasteiger partial charge in [-0.1, -0.05) is 6.07 Å². The predicted octanol–water partition coefficient (Wildman–Crippen LogP) is 1.58. The van der Waals surface area contributed by atoms with E-state index in [2.05, 4.69) is 10.6 Å². The summed E-state index contributed by atoms with van der Waals surface area (Å²) in [5.74, 6) is 2.52. The number of methoxy groups -OCH3 is 1. The Kier molecular flexibility index (Phi) is 7.39. The molecule has 2 N–H and O–H groups in total. The van der Waals surface area contributed by atoms with Gasteiger partial charge in [0.25, 0.3) is 0 Å². The maximum absolute atomic E-state index is 12.4. The van der Waals surface area contributed by atoms with Gasteiger partial charge < -0.3 is 20.3 Å². The Morgan fingerprint density at radius 2 is 2.29 bits per heavy atom. The summed E-state index contributed by atoms with van der Waals surface area (Å²) in [5.41, 5.74) is 0.660. The van der Waals surface area contributed by atoms with Crippen molar-refractivity contribution in [2.75, 3.05) is 43.6 Å². The van der Waals surface area contributed by atoms with Crippen molar-refractivity contribution in [3.8, 4) is 5.75 Å². The van der Waals surface area contributed by atoms with Crippen LogP contribution in [0.3, 0.4) is 0 Å². The van der Waals surface area contributed by atoms with Gasteiger partial charge in [0.1, 0.15) is 5.75 Å². The second-order valence-electron chi connectivity index (χ2n) is 5.62. The van der Waals surface area contributed by atoms with Crippen molar-refractivity contribution < 1.29 is 14.3 Å². The average molecular weight is 351 g/mol. The highest BCUT2D eigenvalue weighted by Crippen LogP contribution is 2.17. The second-order valence-corrected chi connectivity index (χ2v) is 6.77. The molecule has 1 unspecified atom stereocenters. The summed E-state index contributed by atoms with van der Waals surface area (Å²) >= 11 is 1.86. The van der Waals surface area contributed by atoms with Crippen molar-refractivity contribution >= 4 is 29.3 Å². The van der Waals surface area contributed by atoms with Crippen molar-refractivity contribution in [2.24, 2.45) is 0 Å². The molecule has 1 atom stereocenters. The number of thioether (sulfide) groups is 1. The summed E-state index contributed by atoms with van der Waals surface area (Å²) in [5, 5.41) is 6.16. The normalized spacial score (nSPS) is 17.2. The van der Waals surface area contributed by atoms with Gasteiger partial charge in [-0.2, -0.15) is 11.8 Å². The number of rotatable bonds is 7. The summed E-state index contributed by atoms with van der Waals surface area (Å²) in [6.45, 7) is 3.40. The van der Waals surface area contributed by atoms with E-state index in [0.29, 0.717) is 24.4 Å². The first-order chi connectivity index (χ1) is 11.6. The smallest absolute Gasteiger partial charge is 0.243 e. The molecular weight excluding hydrogens is 326 g/mol. The molecule has 0 aromatic heterocycles. The monoisotopic (exact) mass is 351 g/mol. The summed E-state index contributed by atoms with van der Waals surface area (Å²) in [4.78, 5) is 26.2. The molecule has 0 radical (unpaired) electrons. The molecule has 1 aliphatic heterocycles. The second kappa shape index (κ2) is 9.54. The van der Waals surface area contributed by atoms with Crippen LogP contribution in [0.4, 0.5) is 5.69 Å². The number of carbonyl (C=O) groups is 2. The Morgan fingerprint density at radius 3 is 2.96 bits per heavy atom. The number of likely N-dealkylation sites (N-methyl/N-ethyl adjacent to an activating group) is 1. The van der Waals surface area contributed by atoms with Crippen LogP contribution in [0.5, 0.6) is 5.75 Å². The number of nitrogens with one attached hydrogen (secondary N) is 2. The van der Waals surface area contributed by atoms with Crippen molar-refractivity contribution in [1.29, 1.82) is 0 Å². The topological polar surface area (TPSA) is 70.7 Å². The Labute approximate surface area is 147 Å². The molecule has 2 rings (SSSR count). The van der Waals surface area contributed by atoms with Crippen molar-refractivity contribution in [3.05, 3.63) is 24.3 Å². The first-order valence-electron chi connectivity index (χ1n) is 8.15. The predicted molar refractivity (Wildman–Crippen MR) is 97.6 cm³/mol. The summed E-state index contributed by atoms with van der Waals surface area (Å²) in [6, 6.07) is 7.36. The summed E-state index contributed by atoms with van der Waals surface area (Å²) < 4.78 is 5.14. The fourth-order valence-corrected chi connectivity index (χ4v) is 3.49. The first-order valence-corrected chi connectivity index (χ1v) is 9.30. The zero-order valence-corrected chi connectivity index (χ0v) is 15.0. The Balaban J connectivity index is 1.86. The standard InChI is InChI=1S/C17H25N3O3S/c1-3-20(17(22)10-14-12-24-8-7-18-14)11-16(21)19-13-5-4-6-15(9-13)23-2/h4-6,9,14,18H,3,7-8,10-12H2,1-2H3,(H,19,21). The van der Waals surface area contributed by atoms with Crippen molar-refractivity contribution in [2.45, 2.75) is 19.4 Å². The third kappa shape index (κ3) is 5.72. The van der Waals surface area contributed by atoms with Gasteiger partial charge in [0.05, 0.1) is 13.7 Å². The Hall–Kier alpha value is -1.73. The number of amides is 2. The lowest BCUT2D eigenvalue weighted by molar-refractivity contribution is -0.134. The lowest BCUT2D eigenvalue weighted by atomic mass is 10.2. The largest absolute Gasteiger partial charge is 0.497 e. The minimum Gasteiger partial charge on any atom is -0.497 e. The van der Waals surface area contributed by atoms with Crippen LogP contribution in [0.25, 0.3) is 0 Å². The molecule has 0 saturated carbocycles. The van der Waals surface area contributed by atoms with E-state index in [1.807, 2.05) is 30.8 Å². The number of carbonyl (C=O) groups excluding carboxylic acids is 2. The van der Waals surface area contributed by atoms with Crippen LogP contribution in [0.15, 0.2) is 24.3 Å². The number of benzene rings is 1. The molecule has 7 heteroatoms. The SMILES string of the molecule is CCN(CC(=O)Nc1cccc(OC)c1)C(=O)CC1CSCCN1. The highest BCUT2D eigenvalue weighted by atomic mass is 32.2. The molecule has 0 spiro atoms.